The first-order valence-corrected chi connectivity index (χ1v) is 7.89. The van der Waals surface area contributed by atoms with Gasteiger partial charge in [0, 0.05) is 12.1 Å². The van der Waals surface area contributed by atoms with Crippen LogP contribution in [0.1, 0.15) is 18.4 Å². The summed E-state index contributed by atoms with van der Waals surface area (Å²) in [5.41, 5.74) is 6.18. The van der Waals surface area contributed by atoms with E-state index in [-0.39, 0.29) is 0 Å². The third-order valence-electron chi connectivity index (χ3n) is 4.29. The zero-order valence-corrected chi connectivity index (χ0v) is 12.5. The number of nitrogens with zero attached hydrogens (tertiary/aromatic N) is 1. The molecule has 0 radical (unpaired) electrons. The van der Waals surface area contributed by atoms with Crippen LogP contribution in [0, 0.1) is 0 Å². The number of benzene rings is 2. The predicted molar refractivity (Wildman–Crippen MR) is 90.9 cm³/mol. The van der Waals surface area contributed by atoms with Gasteiger partial charge in [-0.2, -0.15) is 5.10 Å². The average Bonchev–Trinajstić information content (AvgIpc) is 2.84. The van der Waals surface area contributed by atoms with Crippen LogP contribution in [0.3, 0.4) is 0 Å². The number of aromatic nitrogens is 2. The highest BCUT2D eigenvalue weighted by molar-refractivity contribution is 5.73. The monoisotopic (exact) mass is 289 g/mol. The van der Waals surface area contributed by atoms with Crippen LogP contribution in [0.15, 0.2) is 54.6 Å². The number of hydrogen-bond donors (Lipinski definition) is 2. The van der Waals surface area contributed by atoms with Crippen LogP contribution >= 0.6 is 0 Å². The van der Waals surface area contributed by atoms with E-state index in [2.05, 4.69) is 64.0 Å². The van der Waals surface area contributed by atoms with Gasteiger partial charge >= 0.3 is 0 Å². The molecule has 0 aliphatic carbocycles. The molecular weight excluding hydrogens is 270 g/mol. The fourth-order valence-electron chi connectivity index (χ4n) is 3.09. The maximum Gasteiger partial charge on any atom is 0.151 e. The summed E-state index contributed by atoms with van der Waals surface area (Å²) in [7, 11) is 0. The topological polar surface area (TPSA) is 40.7 Å². The van der Waals surface area contributed by atoms with Crippen molar-refractivity contribution >= 4 is 5.82 Å². The van der Waals surface area contributed by atoms with Crippen molar-refractivity contribution in [3.8, 4) is 22.4 Å². The first kappa shape index (κ1) is 13.1. The molecule has 3 heteroatoms. The molecule has 22 heavy (non-hydrogen) atoms. The second kappa shape index (κ2) is 5.68. The molecule has 1 aliphatic heterocycles. The van der Waals surface area contributed by atoms with Gasteiger partial charge in [-0.05, 0) is 36.0 Å². The van der Waals surface area contributed by atoms with Crippen molar-refractivity contribution in [3.05, 3.63) is 60.2 Å². The Balaban J connectivity index is 1.68. The molecule has 0 saturated carbocycles. The molecule has 3 nitrogen and oxygen atoms in total. The van der Waals surface area contributed by atoms with E-state index in [0.29, 0.717) is 0 Å². The first-order valence-electron chi connectivity index (χ1n) is 7.89. The van der Waals surface area contributed by atoms with Crippen molar-refractivity contribution in [1.82, 2.24) is 10.2 Å². The summed E-state index contributed by atoms with van der Waals surface area (Å²) in [4.78, 5) is 0. The number of hydrogen-bond acceptors (Lipinski definition) is 2. The van der Waals surface area contributed by atoms with Crippen molar-refractivity contribution < 1.29 is 0 Å². The minimum atomic E-state index is 1.02. The number of nitrogens with one attached hydrogen (secondary N) is 2. The molecule has 0 atom stereocenters. The van der Waals surface area contributed by atoms with Gasteiger partial charge in [-0.1, -0.05) is 54.6 Å². The lowest BCUT2D eigenvalue weighted by molar-refractivity contribution is 0.783. The summed E-state index contributed by atoms with van der Waals surface area (Å²) >= 11 is 0. The van der Waals surface area contributed by atoms with Gasteiger partial charge in [-0.25, -0.2) is 0 Å². The number of rotatable bonds is 2. The maximum absolute atomic E-state index is 4.44. The molecule has 0 spiro atoms. The van der Waals surface area contributed by atoms with Crippen molar-refractivity contribution in [3.63, 3.8) is 0 Å². The molecule has 3 aromatic rings. The summed E-state index contributed by atoms with van der Waals surface area (Å²) < 4.78 is 0. The van der Waals surface area contributed by atoms with Crippen molar-refractivity contribution in [2.75, 3.05) is 11.9 Å². The lowest BCUT2D eigenvalue weighted by Crippen LogP contribution is -1.99. The highest BCUT2D eigenvalue weighted by Gasteiger charge is 2.16. The molecule has 1 aliphatic rings. The normalized spacial score (nSPS) is 14.0. The molecule has 0 bridgehead atoms. The van der Waals surface area contributed by atoms with Gasteiger partial charge in [0.2, 0.25) is 0 Å². The SMILES string of the molecule is c1ccc(-c2ccc(-c3[nH]nc4c3CCCCN4)cc2)cc1. The van der Waals surface area contributed by atoms with Crippen LogP contribution in [0.25, 0.3) is 22.4 Å². The van der Waals surface area contributed by atoms with Gasteiger partial charge in [-0.3, -0.25) is 5.10 Å². The van der Waals surface area contributed by atoms with Gasteiger partial charge in [0.1, 0.15) is 0 Å². The molecule has 0 amide bonds. The van der Waals surface area contributed by atoms with Gasteiger partial charge in [0.15, 0.2) is 5.82 Å². The van der Waals surface area contributed by atoms with E-state index in [1.54, 1.807) is 0 Å². The van der Waals surface area contributed by atoms with Crippen LogP contribution < -0.4 is 5.32 Å². The van der Waals surface area contributed by atoms with Crippen LogP contribution in [0.2, 0.25) is 0 Å². The van der Waals surface area contributed by atoms with E-state index < -0.39 is 0 Å². The van der Waals surface area contributed by atoms with Crippen LogP contribution in [0.4, 0.5) is 5.82 Å². The molecule has 1 aromatic heterocycles. The van der Waals surface area contributed by atoms with Crippen molar-refractivity contribution in [1.29, 1.82) is 0 Å². The smallest absolute Gasteiger partial charge is 0.151 e. The number of anilines is 1. The number of aromatic amines is 1. The Kier molecular flexibility index (Phi) is 3.39. The zero-order chi connectivity index (χ0) is 14.8. The van der Waals surface area contributed by atoms with Crippen LogP contribution in [-0.4, -0.2) is 16.7 Å². The Hall–Kier alpha value is -2.55. The second-order valence-corrected chi connectivity index (χ2v) is 5.75. The summed E-state index contributed by atoms with van der Waals surface area (Å²) in [6, 6.07) is 19.2. The quantitative estimate of drug-likeness (QED) is 0.729. The fourth-order valence-corrected chi connectivity index (χ4v) is 3.09. The Bertz CT molecular complexity index is 757. The highest BCUT2D eigenvalue weighted by Crippen LogP contribution is 2.31. The second-order valence-electron chi connectivity index (χ2n) is 5.75. The Morgan fingerprint density at radius 1 is 0.773 bits per heavy atom. The Morgan fingerprint density at radius 2 is 1.50 bits per heavy atom. The largest absolute Gasteiger partial charge is 0.368 e. The molecule has 2 heterocycles. The number of fused-ring (bicyclic) bond motifs is 1. The zero-order valence-electron chi connectivity index (χ0n) is 12.5. The minimum absolute atomic E-state index is 1.02. The average molecular weight is 289 g/mol. The van der Waals surface area contributed by atoms with E-state index in [1.807, 2.05) is 6.07 Å². The standard InChI is InChI=1S/C19H19N3/c1-2-6-14(7-3-1)15-9-11-16(12-10-15)18-17-8-4-5-13-20-19(17)22-21-18/h1-3,6-7,9-12H,4-5,8,13H2,(H2,20,21,22). The molecular formula is C19H19N3. The molecule has 4 rings (SSSR count). The summed E-state index contributed by atoms with van der Waals surface area (Å²) in [6.07, 6.45) is 3.52. The lowest BCUT2D eigenvalue weighted by Gasteiger charge is -2.05. The molecule has 0 saturated heterocycles. The van der Waals surface area contributed by atoms with Gasteiger partial charge in [0.25, 0.3) is 0 Å². The molecule has 110 valence electrons. The van der Waals surface area contributed by atoms with Crippen molar-refractivity contribution in [2.24, 2.45) is 0 Å². The molecule has 2 N–H and O–H groups in total. The first-order chi connectivity index (χ1) is 10.9. The molecule has 0 unspecified atom stereocenters. The fraction of sp³-hybridized carbons (Fsp3) is 0.211. The summed E-state index contributed by atoms with van der Waals surface area (Å²) in [5.74, 6) is 1.03. The van der Waals surface area contributed by atoms with Gasteiger partial charge < -0.3 is 5.32 Å². The van der Waals surface area contributed by atoms with E-state index >= 15 is 0 Å². The lowest BCUT2D eigenvalue weighted by atomic mass is 10.00. The van der Waals surface area contributed by atoms with E-state index in [0.717, 1.165) is 24.5 Å². The summed E-state index contributed by atoms with van der Waals surface area (Å²) in [5, 5.41) is 11.1. The Labute approximate surface area is 130 Å². The van der Waals surface area contributed by atoms with Gasteiger partial charge in [-0.15, -0.1) is 0 Å². The molecule has 0 fully saturated rings. The van der Waals surface area contributed by atoms with E-state index in [4.69, 9.17) is 0 Å². The van der Waals surface area contributed by atoms with E-state index in [1.165, 1.54) is 35.1 Å². The summed E-state index contributed by atoms with van der Waals surface area (Å²) in [6.45, 7) is 1.02. The maximum atomic E-state index is 4.44. The minimum Gasteiger partial charge on any atom is -0.368 e. The van der Waals surface area contributed by atoms with E-state index in [9.17, 15) is 0 Å². The van der Waals surface area contributed by atoms with Crippen LogP contribution in [-0.2, 0) is 6.42 Å². The Morgan fingerprint density at radius 3 is 2.32 bits per heavy atom. The number of H-pyrrole nitrogens is 1. The highest BCUT2D eigenvalue weighted by atomic mass is 15.2. The van der Waals surface area contributed by atoms with Crippen molar-refractivity contribution in [2.45, 2.75) is 19.3 Å². The van der Waals surface area contributed by atoms with Crippen LogP contribution in [0.5, 0.6) is 0 Å². The third-order valence-corrected chi connectivity index (χ3v) is 4.29. The predicted octanol–water partition coefficient (Wildman–Crippen LogP) is 4.49. The van der Waals surface area contributed by atoms with Gasteiger partial charge in [0.05, 0.1) is 5.69 Å². The third kappa shape index (κ3) is 2.39. The molecule has 2 aromatic carbocycles.